The van der Waals surface area contributed by atoms with E-state index < -0.39 is 12.0 Å². The highest BCUT2D eigenvalue weighted by Gasteiger charge is 2.33. The zero-order valence-corrected chi connectivity index (χ0v) is 13.6. The zero-order valence-electron chi connectivity index (χ0n) is 12.8. The number of benzene rings is 1. The van der Waals surface area contributed by atoms with E-state index in [1.54, 1.807) is 18.2 Å². The summed E-state index contributed by atoms with van der Waals surface area (Å²) in [6.07, 6.45) is 0.740. The molecule has 1 atom stereocenters. The molecule has 0 aromatic heterocycles. The first-order valence-electron chi connectivity index (χ1n) is 7.49. The first-order valence-corrected chi connectivity index (χ1v) is 7.87. The van der Waals surface area contributed by atoms with Gasteiger partial charge in [-0.2, -0.15) is 0 Å². The van der Waals surface area contributed by atoms with Crippen LogP contribution in [0.25, 0.3) is 0 Å². The molecular formula is C16H22ClNO4. The van der Waals surface area contributed by atoms with E-state index in [1.807, 2.05) is 18.7 Å². The number of halogens is 1. The third-order valence-electron chi connectivity index (χ3n) is 3.73. The van der Waals surface area contributed by atoms with E-state index in [-0.39, 0.29) is 12.2 Å². The number of likely N-dealkylation sites (tertiary alicyclic amines) is 1. The van der Waals surface area contributed by atoms with Crippen molar-refractivity contribution in [3.8, 4) is 5.75 Å². The van der Waals surface area contributed by atoms with Gasteiger partial charge in [-0.05, 0) is 44.9 Å². The Labute approximate surface area is 135 Å². The summed E-state index contributed by atoms with van der Waals surface area (Å²) in [5.41, 5.74) is 0.560. The molecule has 5 nitrogen and oxygen atoms in total. The molecule has 0 amide bonds. The summed E-state index contributed by atoms with van der Waals surface area (Å²) >= 11 is 6.06. The molecule has 0 spiro atoms. The number of aliphatic carboxylic acids is 1. The number of hydrogen-bond donors (Lipinski definition) is 2. The quantitative estimate of drug-likeness (QED) is 0.870. The minimum absolute atomic E-state index is 0.0578. The van der Waals surface area contributed by atoms with Crippen molar-refractivity contribution in [3.05, 3.63) is 28.8 Å². The van der Waals surface area contributed by atoms with E-state index in [0.717, 1.165) is 0 Å². The van der Waals surface area contributed by atoms with Gasteiger partial charge in [-0.25, -0.2) is 0 Å². The van der Waals surface area contributed by atoms with E-state index in [1.165, 1.54) is 0 Å². The number of ether oxygens (including phenoxy) is 1. The van der Waals surface area contributed by atoms with Gasteiger partial charge in [0.25, 0.3) is 0 Å². The minimum Gasteiger partial charge on any atom is -0.491 e. The predicted octanol–water partition coefficient (Wildman–Crippen LogP) is 2.71. The number of rotatable bonds is 5. The molecule has 1 heterocycles. The lowest BCUT2D eigenvalue weighted by molar-refractivity contribution is -0.144. The second-order valence-corrected chi connectivity index (χ2v) is 6.29. The van der Waals surface area contributed by atoms with Crippen LogP contribution in [0, 0.1) is 0 Å². The smallest absolute Gasteiger partial charge is 0.325 e. The Balaban J connectivity index is 2.35. The normalized spacial score (nSPS) is 18.4. The number of carbonyl (C=O) groups is 1. The summed E-state index contributed by atoms with van der Waals surface area (Å²) in [5.74, 6) is -0.398. The third-order valence-corrected chi connectivity index (χ3v) is 3.96. The van der Waals surface area contributed by atoms with E-state index in [0.29, 0.717) is 42.3 Å². The molecule has 1 aliphatic rings. The molecule has 1 unspecified atom stereocenters. The fraction of sp³-hybridized carbons (Fsp3) is 0.562. The van der Waals surface area contributed by atoms with Gasteiger partial charge in [-0.15, -0.1) is 0 Å². The Kier molecular flexibility index (Phi) is 5.67. The van der Waals surface area contributed by atoms with Gasteiger partial charge < -0.3 is 14.9 Å². The van der Waals surface area contributed by atoms with Crippen LogP contribution < -0.4 is 4.74 Å². The molecule has 22 heavy (non-hydrogen) atoms. The highest BCUT2D eigenvalue weighted by Crippen LogP contribution is 2.34. The first kappa shape index (κ1) is 17.1. The Hall–Kier alpha value is -1.30. The number of aliphatic hydroxyl groups is 1. The Morgan fingerprint density at radius 1 is 1.36 bits per heavy atom. The molecule has 0 aliphatic carbocycles. The number of aliphatic hydroxyl groups excluding tert-OH is 1. The van der Waals surface area contributed by atoms with Crippen molar-refractivity contribution in [2.24, 2.45) is 0 Å². The van der Waals surface area contributed by atoms with Crippen LogP contribution in [0.4, 0.5) is 0 Å². The average molecular weight is 328 g/mol. The van der Waals surface area contributed by atoms with Crippen LogP contribution in [0.2, 0.25) is 5.02 Å². The number of hydrogen-bond acceptors (Lipinski definition) is 4. The molecule has 2 N–H and O–H groups in total. The first-order chi connectivity index (χ1) is 10.4. The molecule has 1 aliphatic heterocycles. The van der Waals surface area contributed by atoms with E-state index in [4.69, 9.17) is 16.3 Å². The highest BCUT2D eigenvalue weighted by atomic mass is 35.5. The second kappa shape index (κ2) is 7.31. The van der Waals surface area contributed by atoms with Gasteiger partial charge in [0.15, 0.2) is 0 Å². The molecule has 1 fully saturated rings. The van der Waals surface area contributed by atoms with Crippen molar-refractivity contribution in [3.63, 3.8) is 0 Å². The van der Waals surface area contributed by atoms with Crippen LogP contribution in [0.5, 0.6) is 5.75 Å². The van der Waals surface area contributed by atoms with Gasteiger partial charge in [0.1, 0.15) is 11.8 Å². The van der Waals surface area contributed by atoms with Crippen LogP contribution in [-0.2, 0) is 4.79 Å². The van der Waals surface area contributed by atoms with Gasteiger partial charge in [0.2, 0.25) is 0 Å². The number of carboxylic acids is 1. The number of piperidine rings is 1. The lowest BCUT2D eigenvalue weighted by Crippen LogP contribution is -2.41. The van der Waals surface area contributed by atoms with Crippen LogP contribution >= 0.6 is 11.6 Å². The van der Waals surface area contributed by atoms with Crippen molar-refractivity contribution >= 4 is 17.6 Å². The molecule has 0 bridgehead atoms. The largest absolute Gasteiger partial charge is 0.491 e. The van der Waals surface area contributed by atoms with Gasteiger partial charge in [-0.1, -0.05) is 11.6 Å². The lowest BCUT2D eigenvalue weighted by atomic mass is 9.99. The molecule has 1 aromatic carbocycles. The van der Waals surface area contributed by atoms with Crippen molar-refractivity contribution in [2.75, 3.05) is 13.1 Å². The summed E-state index contributed by atoms with van der Waals surface area (Å²) in [7, 11) is 0. The van der Waals surface area contributed by atoms with E-state index in [9.17, 15) is 15.0 Å². The lowest BCUT2D eigenvalue weighted by Gasteiger charge is -2.34. The van der Waals surface area contributed by atoms with Crippen molar-refractivity contribution in [2.45, 2.75) is 44.9 Å². The third kappa shape index (κ3) is 4.12. The predicted molar refractivity (Wildman–Crippen MR) is 84.4 cm³/mol. The second-order valence-electron chi connectivity index (χ2n) is 5.86. The Morgan fingerprint density at radius 3 is 2.55 bits per heavy atom. The van der Waals surface area contributed by atoms with E-state index >= 15 is 0 Å². The highest BCUT2D eigenvalue weighted by molar-refractivity contribution is 6.30. The van der Waals surface area contributed by atoms with Crippen molar-refractivity contribution < 1.29 is 19.7 Å². The molecule has 122 valence electrons. The molecule has 0 radical (unpaired) electrons. The summed E-state index contributed by atoms with van der Waals surface area (Å²) in [6, 6.07) is 4.25. The van der Waals surface area contributed by atoms with E-state index in [2.05, 4.69) is 0 Å². The zero-order chi connectivity index (χ0) is 16.3. The number of carboxylic acid groups (broad SMARTS) is 1. The fourth-order valence-corrected chi connectivity index (χ4v) is 2.90. The average Bonchev–Trinajstić information content (AvgIpc) is 2.43. The summed E-state index contributed by atoms with van der Waals surface area (Å²) in [4.78, 5) is 13.7. The van der Waals surface area contributed by atoms with Crippen LogP contribution in [0.3, 0.4) is 0 Å². The molecule has 1 saturated heterocycles. The maximum Gasteiger partial charge on any atom is 0.325 e. The molecule has 2 rings (SSSR count). The van der Waals surface area contributed by atoms with Crippen molar-refractivity contribution in [1.82, 2.24) is 4.90 Å². The van der Waals surface area contributed by atoms with Gasteiger partial charge >= 0.3 is 5.97 Å². The monoisotopic (exact) mass is 327 g/mol. The SMILES string of the molecule is CC(C)Oc1ccc(Cl)cc1C(C(=O)O)N1CCC(O)CC1. The van der Waals surface area contributed by atoms with Gasteiger partial charge in [0, 0.05) is 23.7 Å². The molecule has 0 saturated carbocycles. The Morgan fingerprint density at radius 2 is 2.00 bits per heavy atom. The fourth-order valence-electron chi connectivity index (χ4n) is 2.72. The van der Waals surface area contributed by atoms with Crippen LogP contribution in [0.15, 0.2) is 18.2 Å². The van der Waals surface area contributed by atoms with Gasteiger partial charge in [0.05, 0.1) is 12.2 Å². The molecule has 1 aromatic rings. The van der Waals surface area contributed by atoms with Gasteiger partial charge in [-0.3, -0.25) is 9.69 Å². The molecule has 6 heteroatoms. The summed E-state index contributed by atoms with van der Waals surface area (Å²) in [5, 5.41) is 19.8. The summed E-state index contributed by atoms with van der Waals surface area (Å²) < 4.78 is 5.75. The number of nitrogens with zero attached hydrogens (tertiary/aromatic N) is 1. The molecular weight excluding hydrogens is 306 g/mol. The maximum atomic E-state index is 11.8. The standard InChI is InChI=1S/C16H22ClNO4/c1-10(2)22-14-4-3-11(17)9-13(14)15(16(20)21)18-7-5-12(19)6-8-18/h3-4,9-10,12,15,19H,5-8H2,1-2H3,(H,20,21). The Bertz CT molecular complexity index is 527. The topological polar surface area (TPSA) is 70.0 Å². The van der Waals surface area contributed by atoms with Crippen molar-refractivity contribution in [1.29, 1.82) is 0 Å². The minimum atomic E-state index is -0.938. The van der Waals surface area contributed by atoms with Crippen LogP contribution in [-0.4, -0.2) is 46.4 Å². The maximum absolute atomic E-state index is 11.8. The summed E-state index contributed by atoms with van der Waals surface area (Å²) in [6.45, 7) is 4.86. The van der Waals surface area contributed by atoms with Crippen LogP contribution in [0.1, 0.15) is 38.3 Å².